The number of hydrogen-bond donors (Lipinski definition) is 1. The van der Waals surface area contributed by atoms with Crippen molar-refractivity contribution >= 4 is 27.5 Å². The third-order valence-electron chi connectivity index (χ3n) is 7.03. The van der Waals surface area contributed by atoms with Crippen molar-refractivity contribution in [3.05, 3.63) is 59.1 Å². The smallest absolute Gasteiger partial charge is 0.243 e. The summed E-state index contributed by atoms with van der Waals surface area (Å²) in [4.78, 5) is 15.7. The van der Waals surface area contributed by atoms with E-state index in [1.807, 2.05) is 24.3 Å². The van der Waals surface area contributed by atoms with Gasteiger partial charge in [-0.1, -0.05) is 36.6 Å². The number of hydrogen-bond acceptors (Lipinski definition) is 5. The number of sulfonamides is 1. The standard InChI is InChI=1S/C25H32ClN3O4S/c1-33-22-8-10-23(11-9-22)34(31,32)29-18-16-28(17-19-29)15-14-27-24(30)25(12-2-3-13-25)20-4-6-21(26)7-5-20/h4-11H,2-3,12-19H2,1H3,(H,27,30). The highest BCUT2D eigenvalue weighted by Crippen LogP contribution is 2.41. The van der Waals surface area contributed by atoms with Gasteiger partial charge in [0.2, 0.25) is 15.9 Å². The number of methoxy groups -OCH3 is 1. The van der Waals surface area contributed by atoms with Crippen LogP contribution in [-0.4, -0.2) is 69.9 Å². The number of rotatable bonds is 8. The van der Waals surface area contributed by atoms with Crippen LogP contribution < -0.4 is 10.1 Å². The summed E-state index contributed by atoms with van der Waals surface area (Å²) in [5.41, 5.74) is 0.555. The molecule has 1 aliphatic carbocycles. The minimum absolute atomic E-state index is 0.0769. The van der Waals surface area contributed by atoms with Gasteiger partial charge in [-0.15, -0.1) is 0 Å². The Hall–Kier alpha value is -2.13. The van der Waals surface area contributed by atoms with Gasteiger partial charge in [-0.25, -0.2) is 8.42 Å². The molecule has 1 saturated carbocycles. The Morgan fingerprint density at radius 3 is 2.21 bits per heavy atom. The number of nitrogens with zero attached hydrogens (tertiary/aromatic N) is 2. The Morgan fingerprint density at radius 1 is 1.00 bits per heavy atom. The van der Waals surface area contributed by atoms with E-state index in [0.29, 0.717) is 50.0 Å². The number of ether oxygens (including phenoxy) is 1. The summed E-state index contributed by atoms with van der Waals surface area (Å²) in [6.45, 7) is 3.35. The molecule has 0 aromatic heterocycles. The van der Waals surface area contributed by atoms with Gasteiger partial charge in [-0.2, -0.15) is 4.31 Å². The van der Waals surface area contributed by atoms with Crippen LogP contribution >= 0.6 is 11.6 Å². The zero-order valence-corrected chi connectivity index (χ0v) is 21.1. The molecule has 1 aliphatic heterocycles. The van der Waals surface area contributed by atoms with E-state index in [4.69, 9.17) is 16.3 Å². The van der Waals surface area contributed by atoms with E-state index in [1.54, 1.807) is 31.4 Å². The fraction of sp³-hybridized carbons (Fsp3) is 0.480. The van der Waals surface area contributed by atoms with Crippen LogP contribution in [0.4, 0.5) is 0 Å². The molecule has 0 unspecified atom stereocenters. The first-order valence-electron chi connectivity index (χ1n) is 11.8. The van der Waals surface area contributed by atoms with Crippen LogP contribution in [0.2, 0.25) is 5.02 Å². The second-order valence-corrected chi connectivity index (χ2v) is 11.3. The minimum atomic E-state index is -3.53. The van der Waals surface area contributed by atoms with E-state index in [0.717, 1.165) is 31.2 Å². The lowest BCUT2D eigenvalue weighted by Crippen LogP contribution is -2.51. The molecule has 4 rings (SSSR count). The summed E-state index contributed by atoms with van der Waals surface area (Å²) in [7, 11) is -1.97. The highest BCUT2D eigenvalue weighted by Gasteiger charge is 2.42. The molecule has 0 spiro atoms. The molecule has 2 fully saturated rings. The highest BCUT2D eigenvalue weighted by atomic mass is 35.5. The topological polar surface area (TPSA) is 79.0 Å². The molecular formula is C25H32ClN3O4S. The molecule has 2 aliphatic rings. The van der Waals surface area contributed by atoms with Crippen molar-refractivity contribution in [1.82, 2.24) is 14.5 Å². The molecule has 34 heavy (non-hydrogen) atoms. The fourth-order valence-electron chi connectivity index (χ4n) is 4.98. The average molecular weight is 506 g/mol. The number of carbonyl (C=O) groups excluding carboxylic acids is 1. The summed E-state index contributed by atoms with van der Waals surface area (Å²) in [6.07, 6.45) is 3.78. The minimum Gasteiger partial charge on any atom is -0.497 e. The van der Waals surface area contributed by atoms with E-state index in [-0.39, 0.29) is 10.8 Å². The van der Waals surface area contributed by atoms with Crippen LogP contribution in [0, 0.1) is 0 Å². The second kappa shape index (κ2) is 10.6. The van der Waals surface area contributed by atoms with Gasteiger partial charge in [0.05, 0.1) is 17.4 Å². The Morgan fingerprint density at radius 2 is 1.62 bits per heavy atom. The first-order chi connectivity index (χ1) is 16.3. The van der Waals surface area contributed by atoms with E-state index in [1.165, 1.54) is 4.31 Å². The monoisotopic (exact) mass is 505 g/mol. The lowest BCUT2D eigenvalue weighted by molar-refractivity contribution is -0.126. The van der Waals surface area contributed by atoms with Crippen molar-refractivity contribution < 1.29 is 17.9 Å². The Bertz CT molecular complexity index is 1080. The zero-order chi connectivity index (χ0) is 24.2. The normalized spacial score (nSPS) is 19.1. The predicted octanol–water partition coefficient (Wildman–Crippen LogP) is 3.28. The Balaban J connectivity index is 1.28. The molecule has 1 N–H and O–H groups in total. The van der Waals surface area contributed by atoms with Crippen LogP contribution in [0.5, 0.6) is 5.75 Å². The van der Waals surface area contributed by atoms with Crippen LogP contribution in [0.25, 0.3) is 0 Å². The van der Waals surface area contributed by atoms with Crippen molar-refractivity contribution in [1.29, 1.82) is 0 Å². The summed E-state index contributed by atoms with van der Waals surface area (Å²) in [5.74, 6) is 0.703. The van der Waals surface area contributed by atoms with Crippen molar-refractivity contribution in [3.8, 4) is 5.75 Å². The maximum atomic E-state index is 13.2. The summed E-state index contributed by atoms with van der Waals surface area (Å²) < 4.78 is 32.5. The van der Waals surface area contributed by atoms with Crippen molar-refractivity contribution in [2.75, 3.05) is 46.4 Å². The van der Waals surface area contributed by atoms with Gasteiger partial charge in [0.1, 0.15) is 5.75 Å². The second-order valence-electron chi connectivity index (χ2n) is 8.97. The summed E-state index contributed by atoms with van der Waals surface area (Å²) >= 11 is 6.05. The van der Waals surface area contributed by atoms with Gasteiger partial charge in [-0.05, 0) is 54.8 Å². The Kier molecular flexibility index (Phi) is 7.82. The first kappa shape index (κ1) is 25.0. The van der Waals surface area contributed by atoms with Gasteiger partial charge in [-0.3, -0.25) is 9.69 Å². The van der Waals surface area contributed by atoms with Crippen LogP contribution in [0.3, 0.4) is 0 Å². The van der Waals surface area contributed by atoms with E-state index in [9.17, 15) is 13.2 Å². The summed E-state index contributed by atoms with van der Waals surface area (Å²) in [6, 6.07) is 14.1. The van der Waals surface area contributed by atoms with Crippen LogP contribution in [0.1, 0.15) is 31.2 Å². The molecule has 7 nitrogen and oxygen atoms in total. The molecule has 9 heteroatoms. The quantitative estimate of drug-likeness (QED) is 0.595. The number of piperazine rings is 1. The van der Waals surface area contributed by atoms with Crippen molar-refractivity contribution in [2.45, 2.75) is 36.0 Å². The molecule has 0 bridgehead atoms. The lowest BCUT2D eigenvalue weighted by Gasteiger charge is -2.34. The number of carbonyl (C=O) groups is 1. The first-order valence-corrected chi connectivity index (χ1v) is 13.6. The molecule has 184 valence electrons. The van der Waals surface area contributed by atoms with Gasteiger partial charge >= 0.3 is 0 Å². The number of nitrogens with one attached hydrogen (secondary N) is 1. The Labute approximate surface area is 207 Å². The predicted molar refractivity (Wildman–Crippen MR) is 133 cm³/mol. The largest absolute Gasteiger partial charge is 0.497 e. The van der Waals surface area contributed by atoms with E-state index < -0.39 is 15.4 Å². The van der Waals surface area contributed by atoms with E-state index in [2.05, 4.69) is 10.2 Å². The van der Waals surface area contributed by atoms with Crippen molar-refractivity contribution in [2.24, 2.45) is 0 Å². The van der Waals surface area contributed by atoms with Crippen molar-refractivity contribution in [3.63, 3.8) is 0 Å². The number of benzene rings is 2. The van der Waals surface area contributed by atoms with Crippen LogP contribution in [0.15, 0.2) is 53.4 Å². The molecule has 0 radical (unpaired) electrons. The maximum Gasteiger partial charge on any atom is 0.243 e. The molecular weight excluding hydrogens is 474 g/mol. The highest BCUT2D eigenvalue weighted by molar-refractivity contribution is 7.89. The summed E-state index contributed by atoms with van der Waals surface area (Å²) in [5, 5.41) is 3.82. The van der Waals surface area contributed by atoms with Gasteiger partial charge in [0.25, 0.3) is 0 Å². The number of amides is 1. The third-order valence-corrected chi connectivity index (χ3v) is 9.20. The fourth-order valence-corrected chi connectivity index (χ4v) is 6.53. The number of halogens is 1. The SMILES string of the molecule is COc1ccc(S(=O)(=O)N2CCN(CCNC(=O)C3(c4ccc(Cl)cc4)CCCC3)CC2)cc1. The molecule has 2 aromatic rings. The molecule has 1 saturated heterocycles. The third kappa shape index (κ3) is 5.25. The average Bonchev–Trinajstić information content (AvgIpc) is 3.36. The lowest BCUT2D eigenvalue weighted by atomic mass is 9.78. The van der Waals surface area contributed by atoms with Gasteiger partial charge in [0.15, 0.2) is 0 Å². The maximum absolute atomic E-state index is 13.2. The molecule has 1 heterocycles. The van der Waals surface area contributed by atoms with Gasteiger partial charge in [0, 0.05) is 44.3 Å². The zero-order valence-electron chi connectivity index (χ0n) is 19.5. The molecule has 0 atom stereocenters. The van der Waals surface area contributed by atoms with Crippen LogP contribution in [-0.2, 0) is 20.2 Å². The van der Waals surface area contributed by atoms with Gasteiger partial charge < -0.3 is 10.1 Å². The molecule has 2 aromatic carbocycles. The van der Waals surface area contributed by atoms with E-state index >= 15 is 0 Å². The molecule has 1 amide bonds.